The Morgan fingerprint density at radius 3 is 0.852 bits per heavy atom. The summed E-state index contributed by atoms with van der Waals surface area (Å²) < 4.78 is 0. The number of nitrogen functional groups attached to an aromatic ring is 3. The van der Waals surface area contributed by atoms with Crippen LogP contribution >= 0.6 is 0 Å². The highest BCUT2D eigenvalue weighted by Crippen LogP contribution is 2.21. The molecule has 134 valence electrons. The molecule has 0 atom stereocenters. The van der Waals surface area contributed by atoms with Gasteiger partial charge in [0.2, 0.25) is 0 Å². The lowest BCUT2D eigenvalue weighted by atomic mass is 10.1. The molecular weight excluding hydrogens is 330 g/mol. The van der Waals surface area contributed by atoms with Gasteiger partial charge in [0.15, 0.2) is 0 Å². The second kappa shape index (κ2) is 8.59. The molecule has 0 aromatic heterocycles. The van der Waals surface area contributed by atoms with Crippen molar-refractivity contribution >= 4 is 17.1 Å². The van der Waals surface area contributed by atoms with Gasteiger partial charge in [0, 0.05) is 17.1 Å². The third-order valence-electron chi connectivity index (χ3n) is 4.17. The SMILES string of the molecule is Nc1ccc(-c2ccc(N)cc2)cc1.Nc1ccc(-c2ccccc2)cc1. The average Bonchev–Trinajstić information content (AvgIpc) is 2.71. The van der Waals surface area contributed by atoms with E-state index in [4.69, 9.17) is 17.2 Å². The fourth-order valence-corrected chi connectivity index (χ4v) is 2.66. The maximum atomic E-state index is 5.61. The Kier molecular flexibility index (Phi) is 5.75. The monoisotopic (exact) mass is 353 g/mol. The molecule has 0 amide bonds. The third kappa shape index (κ3) is 5.13. The zero-order valence-corrected chi connectivity index (χ0v) is 15.0. The van der Waals surface area contributed by atoms with Crippen LogP contribution in [0.3, 0.4) is 0 Å². The van der Waals surface area contributed by atoms with Crippen LogP contribution in [-0.2, 0) is 0 Å². The molecule has 4 aromatic carbocycles. The Hall–Kier alpha value is -3.72. The lowest BCUT2D eigenvalue weighted by Crippen LogP contribution is -1.85. The van der Waals surface area contributed by atoms with Crippen LogP contribution in [0, 0.1) is 0 Å². The summed E-state index contributed by atoms with van der Waals surface area (Å²) in [6, 6.07) is 33.7. The van der Waals surface area contributed by atoms with Gasteiger partial charge in [0.05, 0.1) is 0 Å². The van der Waals surface area contributed by atoms with Crippen molar-refractivity contribution in [2.75, 3.05) is 17.2 Å². The van der Waals surface area contributed by atoms with E-state index in [2.05, 4.69) is 12.1 Å². The third-order valence-corrected chi connectivity index (χ3v) is 4.17. The van der Waals surface area contributed by atoms with E-state index >= 15 is 0 Å². The van der Waals surface area contributed by atoms with Gasteiger partial charge in [-0.25, -0.2) is 0 Å². The van der Waals surface area contributed by atoms with E-state index in [9.17, 15) is 0 Å². The van der Waals surface area contributed by atoms with Gasteiger partial charge in [-0.1, -0.05) is 66.7 Å². The Balaban J connectivity index is 0.000000156. The first-order valence-electron chi connectivity index (χ1n) is 8.74. The van der Waals surface area contributed by atoms with Crippen LogP contribution in [0.5, 0.6) is 0 Å². The molecule has 0 saturated heterocycles. The summed E-state index contributed by atoms with van der Waals surface area (Å²) in [6.45, 7) is 0. The van der Waals surface area contributed by atoms with E-state index in [-0.39, 0.29) is 0 Å². The molecule has 4 rings (SSSR count). The first-order valence-corrected chi connectivity index (χ1v) is 8.74. The molecule has 0 aliphatic carbocycles. The maximum Gasteiger partial charge on any atom is 0.0314 e. The van der Waals surface area contributed by atoms with Crippen molar-refractivity contribution < 1.29 is 0 Å². The number of benzene rings is 4. The number of rotatable bonds is 2. The first-order chi connectivity index (χ1) is 13.1. The molecule has 0 spiro atoms. The second-order valence-corrected chi connectivity index (χ2v) is 6.23. The molecule has 3 nitrogen and oxygen atoms in total. The van der Waals surface area contributed by atoms with Crippen molar-refractivity contribution in [2.24, 2.45) is 0 Å². The zero-order chi connectivity index (χ0) is 19.1. The van der Waals surface area contributed by atoms with E-state index in [1.165, 1.54) is 11.1 Å². The molecular formula is C24H23N3. The lowest BCUT2D eigenvalue weighted by Gasteiger charge is -2.02. The van der Waals surface area contributed by atoms with E-state index in [1.54, 1.807) is 0 Å². The molecule has 0 bridgehead atoms. The summed E-state index contributed by atoms with van der Waals surface area (Å²) in [5, 5.41) is 0. The van der Waals surface area contributed by atoms with Crippen LogP contribution in [0.4, 0.5) is 17.1 Å². The van der Waals surface area contributed by atoms with Gasteiger partial charge in [-0.2, -0.15) is 0 Å². The molecule has 0 aliphatic rings. The Labute approximate surface area is 160 Å². The maximum absolute atomic E-state index is 5.61. The largest absolute Gasteiger partial charge is 0.399 e. The summed E-state index contributed by atoms with van der Waals surface area (Å²) in [5.74, 6) is 0. The molecule has 0 unspecified atom stereocenters. The van der Waals surface area contributed by atoms with E-state index in [0.29, 0.717) is 0 Å². The molecule has 6 N–H and O–H groups in total. The highest BCUT2D eigenvalue weighted by molar-refractivity contribution is 5.67. The van der Waals surface area contributed by atoms with E-state index < -0.39 is 0 Å². The predicted octanol–water partition coefficient (Wildman–Crippen LogP) is 5.45. The van der Waals surface area contributed by atoms with Crippen molar-refractivity contribution in [1.82, 2.24) is 0 Å². The zero-order valence-electron chi connectivity index (χ0n) is 15.0. The second-order valence-electron chi connectivity index (χ2n) is 6.23. The van der Waals surface area contributed by atoms with Gasteiger partial charge in [0.1, 0.15) is 0 Å². The predicted molar refractivity (Wildman–Crippen MR) is 117 cm³/mol. The molecule has 4 aromatic rings. The fourth-order valence-electron chi connectivity index (χ4n) is 2.66. The van der Waals surface area contributed by atoms with E-state index in [1.807, 2.05) is 91.0 Å². The summed E-state index contributed by atoms with van der Waals surface area (Å²) >= 11 is 0. The molecule has 0 fully saturated rings. The van der Waals surface area contributed by atoms with Gasteiger partial charge >= 0.3 is 0 Å². The first kappa shape index (κ1) is 18.1. The number of nitrogens with two attached hydrogens (primary N) is 3. The smallest absolute Gasteiger partial charge is 0.0314 e. The molecule has 3 heteroatoms. The molecule has 27 heavy (non-hydrogen) atoms. The van der Waals surface area contributed by atoms with Crippen molar-refractivity contribution in [3.8, 4) is 22.3 Å². The van der Waals surface area contributed by atoms with Crippen LogP contribution in [0.15, 0.2) is 103 Å². The molecule has 0 aliphatic heterocycles. The van der Waals surface area contributed by atoms with Crippen molar-refractivity contribution in [3.63, 3.8) is 0 Å². The van der Waals surface area contributed by atoms with Crippen molar-refractivity contribution in [3.05, 3.63) is 103 Å². The number of hydrogen-bond acceptors (Lipinski definition) is 3. The van der Waals surface area contributed by atoms with Crippen LogP contribution in [0.1, 0.15) is 0 Å². The topological polar surface area (TPSA) is 78.1 Å². The van der Waals surface area contributed by atoms with Gasteiger partial charge in [-0.15, -0.1) is 0 Å². The average molecular weight is 353 g/mol. The molecule has 0 heterocycles. The Morgan fingerprint density at radius 2 is 0.556 bits per heavy atom. The van der Waals surface area contributed by atoms with Crippen molar-refractivity contribution in [2.45, 2.75) is 0 Å². The summed E-state index contributed by atoms with van der Waals surface area (Å²) in [7, 11) is 0. The van der Waals surface area contributed by atoms with Gasteiger partial charge in [0.25, 0.3) is 0 Å². The normalized spacial score (nSPS) is 9.93. The lowest BCUT2D eigenvalue weighted by molar-refractivity contribution is 1.61. The van der Waals surface area contributed by atoms with Gasteiger partial charge in [-0.05, 0) is 58.7 Å². The van der Waals surface area contributed by atoms with Crippen LogP contribution < -0.4 is 17.2 Å². The highest BCUT2D eigenvalue weighted by atomic mass is 14.5. The Morgan fingerprint density at radius 1 is 0.296 bits per heavy atom. The Bertz CT molecular complexity index is 915. The number of hydrogen-bond donors (Lipinski definition) is 3. The van der Waals surface area contributed by atoms with Gasteiger partial charge < -0.3 is 17.2 Å². The van der Waals surface area contributed by atoms with Crippen molar-refractivity contribution in [1.29, 1.82) is 0 Å². The fraction of sp³-hybridized carbons (Fsp3) is 0. The minimum atomic E-state index is 0.782. The number of anilines is 3. The van der Waals surface area contributed by atoms with Crippen LogP contribution in [0.25, 0.3) is 22.3 Å². The summed E-state index contributed by atoms with van der Waals surface area (Å²) in [4.78, 5) is 0. The van der Waals surface area contributed by atoms with Crippen LogP contribution in [-0.4, -0.2) is 0 Å². The standard InChI is InChI=1S/C12H12N2.C12H11N/c13-11-5-1-9(2-6-11)10-3-7-12(14)8-4-10;13-12-8-6-11(7-9-12)10-4-2-1-3-5-10/h1-8H,13-14H2;1-9H,13H2. The minimum Gasteiger partial charge on any atom is -0.399 e. The summed E-state index contributed by atoms with van der Waals surface area (Å²) in [5.41, 5.74) is 23.9. The van der Waals surface area contributed by atoms with E-state index in [0.717, 1.165) is 28.2 Å². The van der Waals surface area contributed by atoms with Gasteiger partial charge in [-0.3, -0.25) is 0 Å². The molecule has 0 radical (unpaired) electrons. The quantitative estimate of drug-likeness (QED) is 0.419. The van der Waals surface area contributed by atoms with Crippen LogP contribution in [0.2, 0.25) is 0 Å². The highest BCUT2D eigenvalue weighted by Gasteiger charge is 1.96. The summed E-state index contributed by atoms with van der Waals surface area (Å²) in [6.07, 6.45) is 0. The molecule has 0 saturated carbocycles. The minimum absolute atomic E-state index is 0.782.